The van der Waals surface area contributed by atoms with Gasteiger partial charge in [-0.3, -0.25) is 0 Å². The van der Waals surface area contributed by atoms with Crippen LogP contribution in [0.4, 0.5) is 34.1 Å². The lowest BCUT2D eigenvalue weighted by molar-refractivity contribution is 0.661. The predicted octanol–water partition coefficient (Wildman–Crippen LogP) is 13.8. The van der Waals surface area contributed by atoms with Crippen molar-refractivity contribution < 1.29 is 0 Å². The summed E-state index contributed by atoms with van der Waals surface area (Å²) in [7, 11) is 0. The van der Waals surface area contributed by atoms with Crippen molar-refractivity contribution in [2.45, 2.75) is 19.3 Å². The summed E-state index contributed by atoms with van der Waals surface area (Å²) < 4.78 is 0. The van der Waals surface area contributed by atoms with Gasteiger partial charge in [0.05, 0.1) is 5.69 Å². The molecule has 0 bridgehead atoms. The van der Waals surface area contributed by atoms with Crippen molar-refractivity contribution in [1.82, 2.24) is 0 Å². The molecule has 244 valence electrons. The molecule has 9 rings (SSSR count). The summed E-state index contributed by atoms with van der Waals surface area (Å²) in [6, 6.07) is 70.1. The molecular weight excluding hydrogens is 617 g/mol. The van der Waals surface area contributed by atoms with Crippen LogP contribution in [0.5, 0.6) is 0 Å². The molecule has 51 heavy (non-hydrogen) atoms. The molecule has 0 atom stereocenters. The fraction of sp³-hybridized carbons (Fsp3) is 0.0612. The molecule has 0 spiro atoms. The fourth-order valence-corrected chi connectivity index (χ4v) is 7.91. The zero-order valence-electron chi connectivity index (χ0n) is 28.9. The Balaban J connectivity index is 1.15. The van der Waals surface area contributed by atoms with E-state index in [4.69, 9.17) is 0 Å². The Labute approximate surface area is 300 Å². The summed E-state index contributed by atoms with van der Waals surface area (Å²) in [4.78, 5) is 4.71. The van der Waals surface area contributed by atoms with Crippen LogP contribution in [0.2, 0.25) is 0 Å². The molecule has 1 aliphatic carbocycles. The van der Waals surface area contributed by atoms with E-state index in [-0.39, 0.29) is 5.41 Å². The smallest absolute Gasteiger partial charge is 0.0543 e. The second-order valence-electron chi connectivity index (χ2n) is 13.8. The molecular formula is C49H38N2. The van der Waals surface area contributed by atoms with E-state index >= 15 is 0 Å². The number of rotatable bonds is 7. The highest BCUT2D eigenvalue weighted by atomic mass is 15.1. The molecule has 0 unspecified atom stereocenters. The first-order valence-corrected chi connectivity index (χ1v) is 17.7. The quantitative estimate of drug-likeness (QED) is 0.169. The van der Waals surface area contributed by atoms with E-state index in [0.717, 1.165) is 28.4 Å². The zero-order chi connectivity index (χ0) is 34.4. The van der Waals surface area contributed by atoms with Gasteiger partial charge in [0, 0.05) is 39.2 Å². The summed E-state index contributed by atoms with van der Waals surface area (Å²) in [6.45, 7) is 4.77. The van der Waals surface area contributed by atoms with Gasteiger partial charge in [0.2, 0.25) is 0 Å². The van der Waals surface area contributed by atoms with Crippen LogP contribution in [-0.4, -0.2) is 0 Å². The van der Waals surface area contributed by atoms with E-state index in [1.54, 1.807) is 0 Å². The minimum atomic E-state index is -0.199. The molecule has 2 heteroatoms. The predicted molar refractivity (Wildman–Crippen MR) is 216 cm³/mol. The van der Waals surface area contributed by atoms with Crippen LogP contribution in [0.3, 0.4) is 0 Å². The van der Waals surface area contributed by atoms with E-state index < -0.39 is 0 Å². The van der Waals surface area contributed by atoms with Crippen LogP contribution >= 0.6 is 0 Å². The van der Waals surface area contributed by atoms with Gasteiger partial charge >= 0.3 is 0 Å². The molecule has 0 N–H and O–H groups in total. The maximum Gasteiger partial charge on any atom is 0.0543 e. The SMILES string of the molecule is CC1(C)c2cc(-c3ccc(N(c4ccccc4)c4ccccc4)cc3)ccc2-c2c1cc(N(c1ccccc1)c1ccccc1)c1ccccc21. The summed E-state index contributed by atoms with van der Waals surface area (Å²) >= 11 is 0. The standard InChI is InChI=1S/C49H38N2/c1-49(2)45-33-36(35-27-30-41(31-28-35)50(37-17-7-3-8-18-37)38-19-9-4-10-20-38)29-32-44(45)48-43-26-16-15-25-42(43)47(34-46(48)49)51(39-21-11-5-12-22-39)40-23-13-6-14-24-40/h3-34H,1-2H3. The Kier molecular flexibility index (Phi) is 7.51. The monoisotopic (exact) mass is 654 g/mol. The van der Waals surface area contributed by atoms with Gasteiger partial charge in [0.25, 0.3) is 0 Å². The highest BCUT2D eigenvalue weighted by molar-refractivity contribution is 6.10. The van der Waals surface area contributed by atoms with Gasteiger partial charge in [0.1, 0.15) is 0 Å². The maximum atomic E-state index is 2.45. The Bertz CT molecular complexity index is 2390. The molecule has 2 nitrogen and oxygen atoms in total. The first-order chi connectivity index (χ1) is 25.1. The van der Waals surface area contributed by atoms with Crippen LogP contribution in [0, 0.1) is 0 Å². The number of hydrogen-bond acceptors (Lipinski definition) is 2. The van der Waals surface area contributed by atoms with Gasteiger partial charge < -0.3 is 9.80 Å². The lowest BCUT2D eigenvalue weighted by atomic mass is 9.81. The van der Waals surface area contributed by atoms with E-state index in [9.17, 15) is 0 Å². The third kappa shape index (κ3) is 5.28. The van der Waals surface area contributed by atoms with Gasteiger partial charge in [0.15, 0.2) is 0 Å². The van der Waals surface area contributed by atoms with E-state index in [2.05, 4.69) is 218 Å². The number of anilines is 6. The van der Waals surface area contributed by atoms with Gasteiger partial charge in [-0.25, -0.2) is 0 Å². The molecule has 0 radical (unpaired) electrons. The van der Waals surface area contributed by atoms with E-state index in [0.29, 0.717) is 0 Å². The maximum absolute atomic E-state index is 2.45. The highest BCUT2D eigenvalue weighted by Crippen LogP contribution is 2.55. The highest BCUT2D eigenvalue weighted by Gasteiger charge is 2.38. The van der Waals surface area contributed by atoms with Gasteiger partial charge in [-0.15, -0.1) is 0 Å². The number of fused-ring (bicyclic) bond motifs is 5. The van der Waals surface area contributed by atoms with Crippen molar-refractivity contribution in [1.29, 1.82) is 0 Å². The fourth-order valence-electron chi connectivity index (χ4n) is 7.91. The molecule has 0 heterocycles. The zero-order valence-corrected chi connectivity index (χ0v) is 28.9. The first kappa shape index (κ1) is 30.7. The lowest BCUT2D eigenvalue weighted by Crippen LogP contribution is -2.17. The van der Waals surface area contributed by atoms with Crippen LogP contribution < -0.4 is 9.80 Å². The van der Waals surface area contributed by atoms with Crippen LogP contribution in [0.1, 0.15) is 25.0 Å². The van der Waals surface area contributed by atoms with Crippen molar-refractivity contribution in [2.24, 2.45) is 0 Å². The third-order valence-corrected chi connectivity index (χ3v) is 10.4. The van der Waals surface area contributed by atoms with Crippen molar-refractivity contribution in [3.8, 4) is 22.3 Å². The minimum absolute atomic E-state index is 0.199. The van der Waals surface area contributed by atoms with Crippen LogP contribution in [0.25, 0.3) is 33.0 Å². The number of nitrogens with zero attached hydrogens (tertiary/aromatic N) is 2. The van der Waals surface area contributed by atoms with E-state index in [1.165, 1.54) is 49.8 Å². The molecule has 1 aliphatic rings. The lowest BCUT2D eigenvalue weighted by Gasteiger charge is -2.29. The summed E-state index contributed by atoms with van der Waals surface area (Å²) in [5.41, 5.74) is 14.5. The summed E-state index contributed by atoms with van der Waals surface area (Å²) in [6.07, 6.45) is 0. The Hall–Kier alpha value is -6.38. The molecule has 0 saturated carbocycles. The Morgan fingerprint density at radius 1 is 0.353 bits per heavy atom. The van der Waals surface area contributed by atoms with Crippen LogP contribution in [0.15, 0.2) is 194 Å². The topological polar surface area (TPSA) is 6.48 Å². The summed E-state index contributed by atoms with van der Waals surface area (Å²) in [5.74, 6) is 0. The summed E-state index contributed by atoms with van der Waals surface area (Å²) in [5, 5.41) is 2.53. The molecule has 8 aromatic rings. The van der Waals surface area contributed by atoms with Crippen LogP contribution in [-0.2, 0) is 5.41 Å². The molecule has 0 aromatic heterocycles. The number of para-hydroxylation sites is 4. The van der Waals surface area contributed by atoms with Crippen molar-refractivity contribution >= 4 is 44.9 Å². The molecule has 0 fully saturated rings. The van der Waals surface area contributed by atoms with Gasteiger partial charge in [-0.05, 0) is 112 Å². The van der Waals surface area contributed by atoms with Crippen molar-refractivity contribution in [2.75, 3.05) is 9.80 Å². The van der Waals surface area contributed by atoms with E-state index in [1.807, 2.05) is 0 Å². The minimum Gasteiger partial charge on any atom is -0.311 e. The number of hydrogen-bond donors (Lipinski definition) is 0. The first-order valence-electron chi connectivity index (χ1n) is 17.7. The normalized spacial score (nSPS) is 12.7. The third-order valence-electron chi connectivity index (χ3n) is 10.4. The molecule has 0 aliphatic heterocycles. The van der Waals surface area contributed by atoms with Crippen molar-refractivity contribution in [3.05, 3.63) is 205 Å². The second kappa shape index (κ2) is 12.5. The number of benzene rings is 8. The second-order valence-corrected chi connectivity index (χ2v) is 13.8. The Morgan fingerprint density at radius 2 is 0.784 bits per heavy atom. The Morgan fingerprint density at radius 3 is 1.31 bits per heavy atom. The molecule has 0 saturated heterocycles. The van der Waals surface area contributed by atoms with Crippen molar-refractivity contribution in [3.63, 3.8) is 0 Å². The van der Waals surface area contributed by atoms with Gasteiger partial charge in [-0.1, -0.05) is 135 Å². The molecule has 8 aromatic carbocycles. The average Bonchev–Trinajstić information content (AvgIpc) is 3.42. The molecule has 0 amide bonds. The average molecular weight is 655 g/mol. The largest absolute Gasteiger partial charge is 0.311 e. The van der Waals surface area contributed by atoms with Gasteiger partial charge in [-0.2, -0.15) is 0 Å².